The fraction of sp³-hybridized carbons (Fsp3) is 0.500. The molecule has 3 nitrogen and oxygen atoms in total. The van der Waals surface area contributed by atoms with Crippen LogP contribution >= 0.6 is 11.8 Å². The van der Waals surface area contributed by atoms with Gasteiger partial charge in [0.1, 0.15) is 5.75 Å². The Balaban J connectivity index is 2.26. The molecule has 1 aromatic rings. The van der Waals surface area contributed by atoms with Crippen LogP contribution in [-0.4, -0.2) is 30.3 Å². The first-order valence-electron chi connectivity index (χ1n) is 6.54. The first kappa shape index (κ1) is 16.0. The molecule has 0 saturated heterocycles. The van der Waals surface area contributed by atoms with Crippen LogP contribution in [0.2, 0.25) is 0 Å². The number of alkyl halides is 3. The first-order chi connectivity index (χ1) is 9.81. The van der Waals surface area contributed by atoms with Crippen molar-refractivity contribution in [3.8, 4) is 5.75 Å². The minimum absolute atomic E-state index is 0.0204. The van der Waals surface area contributed by atoms with Gasteiger partial charge in [-0.05, 0) is 49.8 Å². The van der Waals surface area contributed by atoms with E-state index in [1.807, 2.05) is 13.2 Å². The molecule has 1 unspecified atom stereocenters. The Morgan fingerprint density at radius 2 is 2.14 bits per heavy atom. The summed E-state index contributed by atoms with van der Waals surface area (Å²) in [6.45, 7) is 2.42. The second kappa shape index (κ2) is 6.17. The number of hydrogen-bond donors (Lipinski definition) is 0. The van der Waals surface area contributed by atoms with Gasteiger partial charge in [-0.25, -0.2) is 0 Å². The van der Waals surface area contributed by atoms with E-state index in [9.17, 15) is 18.0 Å². The van der Waals surface area contributed by atoms with Crippen molar-refractivity contribution in [2.75, 3.05) is 17.7 Å². The highest BCUT2D eigenvalue weighted by molar-refractivity contribution is 7.99. The molecular weight excluding hydrogens is 303 g/mol. The molecule has 1 aliphatic heterocycles. The van der Waals surface area contributed by atoms with E-state index in [0.717, 1.165) is 6.42 Å². The van der Waals surface area contributed by atoms with Crippen LogP contribution in [-0.2, 0) is 11.2 Å². The third kappa shape index (κ3) is 3.84. The predicted octanol–water partition coefficient (Wildman–Crippen LogP) is 3.62. The number of ether oxygens (including phenoxy) is 1. The monoisotopic (exact) mass is 319 g/mol. The zero-order valence-electron chi connectivity index (χ0n) is 11.7. The largest absolute Gasteiger partial charge is 0.573 e. The highest BCUT2D eigenvalue weighted by Crippen LogP contribution is 2.33. The van der Waals surface area contributed by atoms with Crippen molar-refractivity contribution < 1.29 is 22.7 Å². The van der Waals surface area contributed by atoms with Crippen molar-refractivity contribution in [1.29, 1.82) is 0 Å². The zero-order valence-corrected chi connectivity index (χ0v) is 12.6. The van der Waals surface area contributed by atoms with Gasteiger partial charge in [0.25, 0.3) is 0 Å². The van der Waals surface area contributed by atoms with Crippen LogP contribution < -0.4 is 9.64 Å². The van der Waals surface area contributed by atoms with Crippen LogP contribution in [0.3, 0.4) is 0 Å². The summed E-state index contributed by atoms with van der Waals surface area (Å²) in [5, 5.41) is -0.179. The molecule has 7 heteroatoms. The van der Waals surface area contributed by atoms with Crippen molar-refractivity contribution in [2.45, 2.75) is 31.4 Å². The molecule has 1 amide bonds. The van der Waals surface area contributed by atoms with Gasteiger partial charge in [0.05, 0.1) is 5.25 Å². The summed E-state index contributed by atoms with van der Waals surface area (Å²) in [6.07, 6.45) is -1.48. The number of hydrogen-bond acceptors (Lipinski definition) is 3. The Bertz CT molecular complexity index is 533. The Hall–Kier alpha value is -1.37. The molecule has 0 radical (unpaired) electrons. The number of nitrogens with zero attached hydrogens (tertiary/aromatic N) is 1. The molecule has 0 N–H and O–H groups in total. The number of rotatable bonds is 3. The van der Waals surface area contributed by atoms with Crippen LogP contribution in [0.4, 0.5) is 18.9 Å². The van der Waals surface area contributed by atoms with Gasteiger partial charge in [0, 0.05) is 12.2 Å². The number of benzene rings is 1. The fourth-order valence-corrected chi connectivity index (χ4v) is 2.65. The molecule has 0 saturated carbocycles. The van der Waals surface area contributed by atoms with Crippen molar-refractivity contribution in [2.24, 2.45) is 0 Å². The topological polar surface area (TPSA) is 29.5 Å². The first-order valence-corrected chi connectivity index (χ1v) is 7.83. The van der Waals surface area contributed by atoms with Gasteiger partial charge in [-0.2, -0.15) is 11.8 Å². The second-order valence-electron chi connectivity index (χ2n) is 4.81. The molecular formula is C14H16F3NO2S. The lowest BCUT2D eigenvalue weighted by atomic mass is 10.0. The van der Waals surface area contributed by atoms with Crippen molar-refractivity contribution >= 4 is 23.4 Å². The van der Waals surface area contributed by atoms with Crippen molar-refractivity contribution in [3.63, 3.8) is 0 Å². The van der Waals surface area contributed by atoms with Gasteiger partial charge in [-0.3, -0.25) is 4.79 Å². The summed E-state index contributed by atoms with van der Waals surface area (Å²) in [5.41, 5.74) is 1.39. The fourth-order valence-electron chi connectivity index (χ4n) is 2.32. The molecule has 1 aliphatic rings. The molecule has 1 aromatic carbocycles. The summed E-state index contributed by atoms with van der Waals surface area (Å²) in [5.74, 6) is -0.263. The van der Waals surface area contributed by atoms with E-state index in [2.05, 4.69) is 4.74 Å². The molecule has 0 fully saturated rings. The minimum atomic E-state index is -4.70. The molecule has 1 heterocycles. The second-order valence-corrected chi connectivity index (χ2v) is 5.99. The molecule has 0 aromatic heterocycles. The molecule has 116 valence electrons. The van der Waals surface area contributed by atoms with E-state index in [1.54, 1.807) is 4.90 Å². The molecule has 2 rings (SSSR count). The SMILES string of the molecule is CSC(C)C(=O)N1CCCc2cc(OC(F)(F)F)ccc21. The van der Waals surface area contributed by atoms with Gasteiger partial charge in [-0.15, -0.1) is 13.2 Å². The van der Waals surface area contributed by atoms with Crippen LogP contribution in [0.1, 0.15) is 18.9 Å². The van der Waals surface area contributed by atoms with Crippen LogP contribution in [0.15, 0.2) is 18.2 Å². The number of aryl methyl sites for hydroxylation is 1. The van der Waals surface area contributed by atoms with E-state index in [0.29, 0.717) is 24.2 Å². The highest BCUT2D eigenvalue weighted by atomic mass is 32.2. The quantitative estimate of drug-likeness (QED) is 0.852. The number of anilines is 1. The average molecular weight is 319 g/mol. The maximum Gasteiger partial charge on any atom is 0.573 e. The summed E-state index contributed by atoms with van der Waals surface area (Å²) in [7, 11) is 0. The third-order valence-electron chi connectivity index (χ3n) is 3.37. The van der Waals surface area contributed by atoms with Crippen molar-refractivity contribution in [3.05, 3.63) is 23.8 Å². The lowest BCUT2D eigenvalue weighted by Crippen LogP contribution is -2.40. The number of halogens is 3. The van der Waals surface area contributed by atoms with Gasteiger partial charge in [-0.1, -0.05) is 0 Å². The van der Waals surface area contributed by atoms with Crippen LogP contribution in [0.5, 0.6) is 5.75 Å². The van der Waals surface area contributed by atoms with E-state index in [-0.39, 0.29) is 16.9 Å². The normalized spacial score (nSPS) is 16.3. The number of amides is 1. The summed E-state index contributed by atoms with van der Waals surface area (Å²) >= 11 is 1.45. The maximum absolute atomic E-state index is 12.3. The van der Waals surface area contributed by atoms with Crippen LogP contribution in [0, 0.1) is 0 Å². The van der Waals surface area contributed by atoms with Gasteiger partial charge < -0.3 is 9.64 Å². The highest BCUT2D eigenvalue weighted by Gasteiger charge is 2.32. The van der Waals surface area contributed by atoms with Gasteiger partial charge in [0.15, 0.2) is 0 Å². The number of carbonyl (C=O) groups excluding carboxylic acids is 1. The third-order valence-corrected chi connectivity index (χ3v) is 4.28. The van der Waals surface area contributed by atoms with E-state index >= 15 is 0 Å². The van der Waals surface area contributed by atoms with Crippen molar-refractivity contribution in [1.82, 2.24) is 0 Å². The Kier molecular flexibility index (Phi) is 4.70. The Morgan fingerprint density at radius 1 is 1.43 bits per heavy atom. The predicted molar refractivity (Wildman–Crippen MR) is 76.8 cm³/mol. The van der Waals surface area contributed by atoms with E-state index < -0.39 is 6.36 Å². The molecule has 21 heavy (non-hydrogen) atoms. The Labute approximate surface area is 125 Å². The number of carbonyl (C=O) groups is 1. The minimum Gasteiger partial charge on any atom is -0.406 e. The lowest BCUT2D eigenvalue weighted by Gasteiger charge is -2.31. The smallest absolute Gasteiger partial charge is 0.406 e. The van der Waals surface area contributed by atoms with Gasteiger partial charge >= 0.3 is 6.36 Å². The number of fused-ring (bicyclic) bond motifs is 1. The zero-order chi connectivity index (χ0) is 15.6. The molecule has 0 aliphatic carbocycles. The standard InChI is InChI=1S/C14H16F3NO2S/c1-9(21-2)13(19)18-7-3-4-10-8-11(5-6-12(10)18)20-14(15,16)17/h5-6,8-9H,3-4,7H2,1-2H3. The lowest BCUT2D eigenvalue weighted by molar-refractivity contribution is -0.274. The Morgan fingerprint density at radius 3 is 2.76 bits per heavy atom. The average Bonchev–Trinajstić information content (AvgIpc) is 2.43. The number of thioether (sulfide) groups is 1. The summed E-state index contributed by atoms with van der Waals surface area (Å²) < 4.78 is 40.6. The summed E-state index contributed by atoms with van der Waals surface area (Å²) in [6, 6.07) is 4.15. The molecule has 0 spiro atoms. The van der Waals surface area contributed by atoms with Gasteiger partial charge in [0.2, 0.25) is 5.91 Å². The summed E-state index contributed by atoms with van der Waals surface area (Å²) in [4.78, 5) is 13.9. The van der Waals surface area contributed by atoms with E-state index in [1.165, 1.54) is 30.0 Å². The van der Waals surface area contributed by atoms with E-state index in [4.69, 9.17) is 0 Å². The molecule has 1 atom stereocenters. The molecule has 0 bridgehead atoms. The van der Waals surface area contributed by atoms with Crippen LogP contribution in [0.25, 0.3) is 0 Å². The maximum atomic E-state index is 12.3.